The van der Waals surface area contributed by atoms with Crippen LogP contribution in [0.4, 0.5) is 5.69 Å². The van der Waals surface area contributed by atoms with Gasteiger partial charge < -0.3 is 15.3 Å². The van der Waals surface area contributed by atoms with Crippen molar-refractivity contribution in [2.45, 2.75) is 51.4 Å². The molecule has 1 fully saturated rings. The van der Waals surface area contributed by atoms with Crippen molar-refractivity contribution >= 4 is 22.4 Å². The highest BCUT2D eigenvalue weighted by Crippen LogP contribution is 2.24. The number of nitrogens with one attached hydrogen (secondary N) is 1. The second kappa shape index (κ2) is 12.3. The van der Waals surface area contributed by atoms with E-state index in [-0.39, 0.29) is 30.3 Å². The fraction of sp³-hybridized carbons (Fsp3) is 0.414. The van der Waals surface area contributed by atoms with E-state index in [1.165, 1.54) is 12.1 Å². The number of nitrogens with zero attached hydrogens (tertiary/aromatic N) is 3. The number of hydrogen-bond donors (Lipinski definition) is 2. The van der Waals surface area contributed by atoms with Gasteiger partial charge in [-0.15, -0.1) is 0 Å². The molecule has 1 amide bonds. The highest BCUT2D eigenvalue weighted by molar-refractivity contribution is 6.07. The van der Waals surface area contributed by atoms with Crippen molar-refractivity contribution in [3.63, 3.8) is 0 Å². The van der Waals surface area contributed by atoms with E-state index in [1.54, 1.807) is 12.1 Å². The molecule has 1 unspecified atom stereocenters. The van der Waals surface area contributed by atoms with Crippen LogP contribution < -0.4 is 5.32 Å². The predicted octanol–water partition coefficient (Wildman–Crippen LogP) is 4.21. The molecule has 8 heteroatoms. The molecule has 0 aromatic heterocycles. The van der Waals surface area contributed by atoms with Gasteiger partial charge in [0.25, 0.3) is 11.6 Å². The molecule has 8 nitrogen and oxygen atoms in total. The van der Waals surface area contributed by atoms with Crippen LogP contribution in [0.3, 0.4) is 0 Å². The number of non-ortho nitro benzene ring substituents is 1. The van der Waals surface area contributed by atoms with Crippen molar-refractivity contribution in [1.29, 1.82) is 0 Å². The Kier molecular flexibility index (Phi) is 8.87. The predicted molar refractivity (Wildman–Crippen MR) is 146 cm³/mol. The third-order valence-corrected chi connectivity index (χ3v) is 7.51. The topological polar surface area (TPSA) is 99.0 Å². The standard InChI is InChI=1S/C29H36N4O4/c1-3-21(2)32-16-15-31(29(35)28-10-6-8-23-7-4-5-9-27(23)28)19-26(32)17-24(20-34)30-18-22-11-13-25(14-12-22)33(36)37/h4-14,21,24,26,30,34H,3,15-20H2,1-2H3/t21?,24-,26+/m1/s1. The van der Waals surface area contributed by atoms with Crippen molar-refractivity contribution in [2.75, 3.05) is 26.2 Å². The fourth-order valence-electron chi connectivity index (χ4n) is 5.21. The third-order valence-electron chi connectivity index (χ3n) is 7.51. The highest BCUT2D eigenvalue weighted by atomic mass is 16.6. The van der Waals surface area contributed by atoms with E-state index in [9.17, 15) is 20.0 Å². The molecule has 1 saturated heterocycles. The summed E-state index contributed by atoms with van der Waals surface area (Å²) in [7, 11) is 0. The normalized spacial score (nSPS) is 18.0. The minimum absolute atomic E-state index is 0.0326. The maximum absolute atomic E-state index is 13.6. The zero-order valence-corrected chi connectivity index (χ0v) is 21.5. The first-order valence-electron chi connectivity index (χ1n) is 13.0. The summed E-state index contributed by atoms with van der Waals surface area (Å²) in [4.78, 5) is 28.6. The SMILES string of the molecule is CCC(C)N1CCN(C(=O)c2cccc3ccccc23)C[C@@H]1C[C@H](CO)NCc1ccc([N+](=O)[O-])cc1. The summed E-state index contributed by atoms with van der Waals surface area (Å²) in [5.41, 5.74) is 1.70. The number of hydrogen-bond acceptors (Lipinski definition) is 6. The summed E-state index contributed by atoms with van der Waals surface area (Å²) >= 11 is 0. The lowest BCUT2D eigenvalue weighted by molar-refractivity contribution is -0.384. The first kappa shape index (κ1) is 26.7. The van der Waals surface area contributed by atoms with E-state index in [4.69, 9.17) is 0 Å². The number of aliphatic hydroxyl groups excluding tert-OH is 1. The molecule has 1 heterocycles. The largest absolute Gasteiger partial charge is 0.395 e. The molecule has 196 valence electrons. The Morgan fingerprint density at radius 1 is 1.11 bits per heavy atom. The minimum atomic E-state index is -0.411. The van der Waals surface area contributed by atoms with Gasteiger partial charge in [-0.1, -0.05) is 55.5 Å². The number of nitro benzene ring substituents is 1. The molecule has 0 bridgehead atoms. The number of carbonyl (C=O) groups is 1. The zero-order valence-electron chi connectivity index (χ0n) is 21.5. The summed E-state index contributed by atoms with van der Waals surface area (Å²) in [6.07, 6.45) is 1.70. The summed E-state index contributed by atoms with van der Waals surface area (Å²) in [6.45, 7) is 6.91. The number of aliphatic hydroxyl groups is 1. The summed E-state index contributed by atoms with van der Waals surface area (Å²) in [6, 6.07) is 20.6. The summed E-state index contributed by atoms with van der Waals surface area (Å²) < 4.78 is 0. The number of amides is 1. The smallest absolute Gasteiger partial charge is 0.269 e. The molecule has 1 aliphatic heterocycles. The van der Waals surface area contributed by atoms with E-state index in [1.807, 2.05) is 47.4 Å². The Morgan fingerprint density at radius 2 is 1.84 bits per heavy atom. The van der Waals surface area contributed by atoms with Gasteiger partial charge in [0, 0.05) is 62.0 Å². The number of benzene rings is 3. The van der Waals surface area contributed by atoms with Crippen LogP contribution in [0.15, 0.2) is 66.7 Å². The molecular weight excluding hydrogens is 468 g/mol. The maximum Gasteiger partial charge on any atom is 0.269 e. The average molecular weight is 505 g/mol. The summed E-state index contributed by atoms with van der Waals surface area (Å²) in [5.74, 6) is 0.0463. The Bertz CT molecular complexity index is 1210. The maximum atomic E-state index is 13.6. The van der Waals surface area contributed by atoms with E-state index in [0.717, 1.165) is 34.9 Å². The summed E-state index contributed by atoms with van der Waals surface area (Å²) in [5, 5.41) is 26.5. The molecule has 4 rings (SSSR count). The van der Waals surface area contributed by atoms with Crippen LogP contribution in [0.2, 0.25) is 0 Å². The first-order valence-corrected chi connectivity index (χ1v) is 13.0. The van der Waals surface area contributed by atoms with Crippen LogP contribution >= 0.6 is 0 Å². The molecule has 3 atom stereocenters. The van der Waals surface area contributed by atoms with Crippen LogP contribution in [0.25, 0.3) is 10.8 Å². The highest BCUT2D eigenvalue weighted by Gasteiger charge is 2.33. The lowest BCUT2D eigenvalue weighted by Crippen LogP contribution is -2.58. The van der Waals surface area contributed by atoms with Gasteiger partial charge in [0.15, 0.2) is 0 Å². The van der Waals surface area contributed by atoms with Gasteiger partial charge in [-0.3, -0.25) is 19.8 Å². The van der Waals surface area contributed by atoms with Gasteiger partial charge in [0.05, 0.1) is 11.5 Å². The lowest BCUT2D eigenvalue weighted by atomic mass is 9.98. The quantitative estimate of drug-likeness (QED) is 0.317. The number of piperazine rings is 1. The van der Waals surface area contributed by atoms with Crippen molar-refractivity contribution in [1.82, 2.24) is 15.1 Å². The zero-order chi connectivity index (χ0) is 26.4. The number of carbonyl (C=O) groups excluding carboxylic acids is 1. The second-order valence-corrected chi connectivity index (χ2v) is 9.85. The Hall–Kier alpha value is -3.33. The van der Waals surface area contributed by atoms with E-state index in [0.29, 0.717) is 32.1 Å². The van der Waals surface area contributed by atoms with Crippen molar-refractivity contribution < 1.29 is 14.8 Å². The first-order chi connectivity index (χ1) is 17.9. The number of nitro groups is 1. The Labute approximate surface area is 218 Å². The van der Waals surface area contributed by atoms with Gasteiger partial charge in [-0.05, 0) is 42.2 Å². The van der Waals surface area contributed by atoms with Gasteiger partial charge in [0.2, 0.25) is 0 Å². The minimum Gasteiger partial charge on any atom is -0.395 e. The van der Waals surface area contributed by atoms with Crippen LogP contribution in [-0.4, -0.2) is 70.1 Å². The van der Waals surface area contributed by atoms with Crippen molar-refractivity contribution in [2.24, 2.45) is 0 Å². The van der Waals surface area contributed by atoms with E-state index >= 15 is 0 Å². The van der Waals surface area contributed by atoms with Crippen LogP contribution in [0, 0.1) is 10.1 Å². The van der Waals surface area contributed by atoms with Crippen molar-refractivity contribution in [3.05, 3.63) is 88.0 Å². The van der Waals surface area contributed by atoms with Crippen LogP contribution in [0.5, 0.6) is 0 Å². The molecule has 3 aromatic carbocycles. The lowest BCUT2D eigenvalue weighted by Gasteiger charge is -2.45. The molecule has 0 radical (unpaired) electrons. The third kappa shape index (κ3) is 6.33. The molecule has 0 saturated carbocycles. The molecule has 2 N–H and O–H groups in total. The monoisotopic (exact) mass is 504 g/mol. The van der Waals surface area contributed by atoms with Crippen molar-refractivity contribution in [3.8, 4) is 0 Å². The number of fused-ring (bicyclic) bond motifs is 1. The molecule has 3 aromatic rings. The molecule has 0 aliphatic carbocycles. The average Bonchev–Trinajstić information content (AvgIpc) is 2.94. The van der Waals surface area contributed by atoms with Gasteiger partial charge >= 0.3 is 0 Å². The second-order valence-electron chi connectivity index (χ2n) is 9.85. The van der Waals surface area contributed by atoms with Gasteiger partial charge in [-0.2, -0.15) is 0 Å². The van der Waals surface area contributed by atoms with Crippen LogP contribution in [-0.2, 0) is 6.54 Å². The molecule has 37 heavy (non-hydrogen) atoms. The van der Waals surface area contributed by atoms with E-state index < -0.39 is 4.92 Å². The Balaban J connectivity index is 1.47. The van der Waals surface area contributed by atoms with Gasteiger partial charge in [-0.25, -0.2) is 0 Å². The fourth-order valence-corrected chi connectivity index (χ4v) is 5.21. The molecule has 0 spiro atoms. The molecular formula is C29H36N4O4. The van der Waals surface area contributed by atoms with Gasteiger partial charge in [0.1, 0.15) is 0 Å². The molecule has 1 aliphatic rings. The van der Waals surface area contributed by atoms with E-state index in [2.05, 4.69) is 24.1 Å². The number of rotatable bonds is 10. The Morgan fingerprint density at radius 3 is 2.54 bits per heavy atom. The van der Waals surface area contributed by atoms with Crippen LogP contribution in [0.1, 0.15) is 42.6 Å².